The summed E-state index contributed by atoms with van der Waals surface area (Å²) in [6, 6.07) is -0.265. The largest absolute Gasteiger partial charge is 0.348 e. The maximum Gasteiger partial charge on any atom is 0.189 e. The highest BCUT2D eigenvalue weighted by Gasteiger charge is 2.56. The number of hydrogen-bond acceptors (Lipinski definition) is 6. The molecule has 0 radical (unpaired) electrons. The minimum absolute atomic E-state index is 0.170. The summed E-state index contributed by atoms with van der Waals surface area (Å²) in [6.07, 6.45) is -1.07. The zero-order valence-corrected chi connectivity index (χ0v) is 13.2. The third kappa shape index (κ3) is 3.00. The highest BCUT2D eigenvalue weighted by atomic mass is 16.8. The smallest absolute Gasteiger partial charge is 0.189 e. The van der Waals surface area contributed by atoms with E-state index in [0.29, 0.717) is 6.61 Å². The molecule has 3 rings (SSSR count). The average molecular weight is 289 g/mol. The molecule has 0 aliphatic carbocycles. The van der Waals surface area contributed by atoms with Crippen LogP contribution in [0.3, 0.4) is 0 Å². The first-order chi connectivity index (χ1) is 9.27. The summed E-state index contributed by atoms with van der Waals surface area (Å²) in [5.74, 6) is -1.21. The molecular weight excluding hydrogens is 262 g/mol. The Morgan fingerprint density at radius 2 is 1.55 bits per heavy atom. The predicted molar refractivity (Wildman–Crippen MR) is 72.9 cm³/mol. The lowest BCUT2D eigenvalue weighted by molar-refractivity contribution is -0.222. The van der Waals surface area contributed by atoms with E-state index < -0.39 is 17.9 Å². The molecule has 6 heteroatoms. The van der Waals surface area contributed by atoms with Gasteiger partial charge in [0.1, 0.15) is 18.3 Å². The highest BCUT2D eigenvalue weighted by Crippen LogP contribution is 2.39. The molecule has 2 N–H and O–H groups in total. The van der Waals surface area contributed by atoms with E-state index in [-0.39, 0.29) is 24.4 Å². The van der Waals surface area contributed by atoms with Crippen LogP contribution in [0.1, 0.15) is 41.5 Å². The fourth-order valence-electron chi connectivity index (χ4n) is 2.77. The molecule has 0 bridgehead atoms. The quantitative estimate of drug-likeness (QED) is 0.786. The molecule has 6 nitrogen and oxygen atoms in total. The minimum Gasteiger partial charge on any atom is -0.348 e. The second-order valence-corrected chi connectivity index (χ2v) is 6.01. The van der Waals surface area contributed by atoms with Gasteiger partial charge in [0.15, 0.2) is 17.9 Å². The van der Waals surface area contributed by atoms with Gasteiger partial charge < -0.3 is 29.4 Å². The lowest BCUT2D eigenvalue weighted by atomic mass is 10.0. The van der Waals surface area contributed by atoms with Crippen molar-refractivity contribution in [1.82, 2.24) is 0 Å². The summed E-state index contributed by atoms with van der Waals surface area (Å²) in [6.45, 7) is 12.0. The van der Waals surface area contributed by atoms with Crippen molar-refractivity contribution < 1.29 is 23.7 Å². The van der Waals surface area contributed by atoms with Gasteiger partial charge >= 0.3 is 0 Å². The zero-order chi connectivity index (χ0) is 15.1. The Bertz CT molecular complexity index is 346. The fraction of sp³-hybridized carbons (Fsp3) is 1.00. The molecule has 3 saturated heterocycles. The molecule has 3 aliphatic rings. The molecule has 3 aliphatic heterocycles. The van der Waals surface area contributed by atoms with E-state index in [2.05, 4.69) is 0 Å². The van der Waals surface area contributed by atoms with Gasteiger partial charge in [0.25, 0.3) is 0 Å². The second kappa shape index (κ2) is 5.51. The number of hydrogen-bond donors (Lipinski definition) is 1. The maximum absolute atomic E-state index is 6.19. The van der Waals surface area contributed by atoms with Crippen molar-refractivity contribution in [2.75, 3.05) is 6.61 Å². The van der Waals surface area contributed by atoms with Crippen LogP contribution in [0.25, 0.3) is 0 Å². The summed E-state index contributed by atoms with van der Waals surface area (Å²) in [5, 5.41) is 0. The molecule has 0 amide bonds. The van der Waals surface area contributed by atoms with E-state index in [1.807, 2.05) is 41.5 Å². The van der Waals surface area contributed by atoms with Crippen LogP contribution >= 0.6 is 0 Å². The Morgan fingerprint density at radius 3 is 2.05 bits per heavy atom. The normalized spacial score (nSPS) is 44.9. The van der Waals surface area contributed by atoms with Gasteiger partial charge in [-0.3, -0.25) is 0 Å². The predicted octanol–water partition coefficient (Wildman–Crippen LogP) is 1.37. The van der Waals surface area contributed by atoms with Crippen LogP contribution < -0.4 is 5.73 Å². The van der Waals surface area contributed by atoms with E-state index in [0.717, 1.165) is 0 Å². The van der Waals surface area contributed by atoms with Gasteiger partial charge in [-0.05, 0) is 27.7 Å². The summed E-state index contributed by atoms with van der Waals surface area (Å²) in [5.41, 5.74) is 6.19. The molecule has 3 fully saturated rings. The van der Waals surface area contributed by atoms with Gasteiger partial charge in [0, 0.05) is 0 Å². The van der Waals surface area contributed by atoms with Gasteiger partial charge in [-0.15, -0.1) is 0 Å². The van der Waals surface area contributed by atoms with Crippen molar-refractivity contribution in [3.8, 4) is 0 Å². The molecule has 118 valence electrons. The van der Waals surface area contributed by atoms with E-state index >= 15 is 0 Å². The molecule has 2 unspecified atom stereocenters. The molecule has 0 aromatic heterocycles. The van der Waals surface area contributed by atoms with Gasteiger partial charge in [-0.2, -0.15) is 0 Å². The first-order valence-electron chi connectivity index (χ1n) is 7.36. The zero-order valence-electron chi connectivity index (χ0n) is 13.2. The van der Waals surface area contributed by atoms with Crippen LogP contribution in [-0.2, 0) is 23.7 Å². The first-order valence-corrected chi connectivity index (χ1v) is 7.36. The third-order valence-electron chi connectivity index (χ3n) is 3.53. The van der Waals surface area contributed by atoms with Crippen molar-refractivity contribution in [3.05, 3.63) is 0 Å². The van der Waals surface area contributed by atoms with E-state index in [9.17, 15) is 0 Å². The SMILES string of the molecule is CC.CC1(C)OCC([C@@H]2O[C@@H]3OC(C)(C)O[C@@H]3C2N)O1. The Balaban J connectivity index is 0.000000704. The summed E-state index contributed by atoms with van der Waals surface area (Å²) < 4.78 is 28.6. The van der Waals surface area contributed by atoms with Crippen LogP contribution in [-0.4, -0.2) is 48.8 Å². The van der Waals surface area contributed by atoms with E-state index in [4.69, 9.17) is 29.4 Å². The summed E-state index contributed by atoms with van der Waals surface area (Å²) in [7, 11) is 0. The van der Waals surface area contributed by atoms with Crippen molar-refractivity contribution >= 4 is 0 Å². The summed E-state index contributed by atoms with van der Waals surface area (Å²) in [4.78, 5) is 0. The van der Waals surface area contributed by atoms with Crippen molar-refractivity contribution in [1.29, 1.82) is 0 Å². The van der Waals surface area contributed by atoms with Crippen molar-refractivity contribution in [2.45, 2.75) is 83.8 Å². The molecule has 0 saturated carbocycles. The number of ether oxygens (including phenoxy) is 5. The Hall–Kier alpha value is -0.240. The first kappa shape index (κ1) is 16.1. The van der Waals surface area contributed by atoms with Crippen molar-refractivity contribution in [2.24, 2.45) is 5.73 Å². The molecule has 3 heterocycles. The number of fused-ring (bicyclic) bond motifs is 1. The third-order valence-corrected chi connectivity index (χ3v) is 3.53. The van der Waals surface area contributed by atoms with Gasteiger partial charge in [0.2, 0.25) is 0 Å². The number of rotatable bonds is 1. The van der Waals surface area contributed by atoms with E-state index in [1.165, 1.54) is 0 Å². The average Bonchev–Trinajstić information content (AvgIpc) is 2.95. The van der Waals surface area contributed by atoms with E-state index in [1.54, 1.807) is 0 Å². The van der Waals surface area contributed by atoms with Gasteiger partial charge in [-0.1, -0.05) is 13.8 Å². The van der Waals surface area contributed by atoms with Crippen molar-refractivity contribution in [3.63, 3.8) is 0 Å². The monoisotopic (exact) mass is 289 g/mol. The van der Waals surface area contributed by atoms with Crippen LogP contribution in [0.15, 0.2) is 0 Å². The summed E-state index contributed by atoms with van der Waals surface area (Å²) >= 11 is 0. The lowest BCUT2D eigenvalue weighted by Gasteiger charge is -2.26. The molecular formula is C14H27NO5. The molecule has 0 aromatic rings. The Labute approximate surface area is 120 Å². The Kier molecular flexibility index (Phi) is 4.45. The molecule has 20 heavy (non-hydrogen) atoms. The topological polar surface area (TPSA) is 72.2 Å². The minimum atomic E-state index is -0.635. The maximum atomic E-state index is 6.19. The van der Waals surface area contributed by atoms with Crippen LogP contribution in [0.4, 0.5) is 0 Å². The van der Waals surface area contributed by atoms with Gasteiger partial charge in [-0.25, -0.2) is 0 Å². The van der Waals surface area contributed by atoms with Gasteiger partial charge in [0.05, 0.1) is 12.6 Å². The number of nitrogens with two attached hydrogens (primary N) is 1. The highest BCUT2D eigenvalue weighted by molar-refractivity contribution is 5.00. The Morgan fingerprint density at radius 1 is 0.900 bits per heavy atom. The van der Waals surface area contributed by atoms with Crippen LogP contribution in [0, 0.1) is 0 Å². The standard InChI is InChI=1S/C12H21NO5.C2H6/c1-11(2)14-5-6(16-11)8-7(13)9-10(15-8)18-12(3,4)17-9;1-2/h6-10H,5,13H2,1-4H3;1-2H3/t6?,7?,8-,9+,10+;/m0./s1. The second-order valence-electron chi connectivity index (χ2n) is 6.01. The molecule has 0 aromatic carbocycles. The molecule has 0 spiro atoms. The molecule has 5 atom stereocenters. The van der Waals surface area contributed by atoms with Crippen LogP contribution in [0.5, 0.6) is 0 Å². The van der Waals surface area contributed by atoms with Crippen LogP contribution in [0.2, 0.25) is 0 Å². The fourth-order valence-corrected chi connectivity index (χ4v) is 2.77. The lowest BCUT2D eigenvalue weighted by Crippen LogP contribution is -2.47.